The van der Waals surface area contributed by atoms with Gasteiger partial charge in [0.15, 0.2) is 0 Å². The summed E-state index contributed by atoms with van der Waals surface area (Å²) in [5, 5.41) is 9.08. The molecule has 0 spiro atoms. The number of pyridine rings is 1. The van der Waals surface area contributed by atoms with Crippen molar-refractivity contribution in [3.05, 3.63) is 117 Å². The summed E-state index contributed by atoms with van der Waals surface area (Å²) >= 11 is 3.49. The van der Waals surface area contributed by atoms with Gasteiger partial charge in [0.1, 0.15) is 23.0 Å². The molecule has 0 atom stereocenters. The second-order valence-corrected chi connectivity index (χ2v) is 8.91. The smallest absolute Gasteiger partial charge is 0.282 e. The fourth-order valence-corrected chi connectivity index (χ4v) is 4.77. The molecule has 2 aliphatic heterocycles. The Bertz CT molecular complexity index is 1720. The van der Waals surface area contributed by atoms with E-state index in [4.69, 9.17) is 0 Å². The number of fused-ring (bicyclic) bond motifs is 3. The SMILES string of the molecule is O=c1c2cn(Cc3ccc(-n4cccn4)cc3)c3c(F)ccc(Br)c3c-2nn1-c1ccccc1F. The number of benzene rings is 3. The highest BCUT2D eigenvalue weighted by molar-refractivity contribution is 9.10. The molecule has 3 aromatic carbocycles. The fourth-order valence-electron chi connectivity index (χ4n) is 4.27. The molecule has 2 aliphatic rings. The van der Waals surface area contributed by atoms with Crippen molar-refractivity contribution in [2.24, 2.45) is 0 Å². The van der Waals surface area contributed by atoms with Crippen LogP contribution in [0.25, 0.3) is 33.5 Å². The molecule has 6 rings (SSSR count). The molecule has 0 saturated carbocycles. The molecule has 9 heteroatoms. The second kappa shape index (κ2) is 8.28. The fraction of sp³-hybridized carbons (Fsp3) is 0.0385. The van der Waals surface area contributed by atoms with Gasteiger partial charge in [0.2, 0.25) is 0 Å². The number of hydrogen-bond acceptors (Lipinski definition) is 3. The van der Waals surface area contributed by atoms with E-state index in [-0.39, 0.29) is 11.3 Å². The van der Waals surface area contributed by atoms with Crippen molar-refractivity contribution in [3.8, 4) is 22.6 Å². The minimum atomic E-state index is -0.572. The molecular formula is C26H16BrF2N5O. The van der Waals surface area contributed by atoms with Gasteiger partial charge in [-0.2, -0.15) is 14.9 Å². The first-order valence-corrected chi connectivity index (χ1v) is 11.5. The van der Waals surface area contributed by atoms with Crippen LogP contribution in [0.4, 0.5) is 8.78 Å². The van der Waals surface area contributed by atoms with Crippen molar-refractivity contribution in [2.75, 3.05) is 0 Å². The van der Waals surface area contributed by atoms with Crippen molar-refractivity contribution in [2.45, 2.75) is 6.54 Å². The van der Waals surface area contributed by atoms with Crippen LogP contribution < -0.4 is 5.56 Å². The predicted octanol–water partition coefficient (Wildman–Crippen LogP) is 5.57. The maximum atomic E-state index is 15.2. The Kier molecular flexibility index (Phi) is 5.07. The zero-order valence-electron chi connectivity index (χ0n) is 18.1. The van der Waals surface area contributed by atoms with Gasteiger partial charge < -0.3 is 4.57 Å². The highest BCUT2D eigenvalue weighted by atomic mass is 79.9. The van der Waals surface area contributed by atoms with E-state index in [9.17, 15) is 9.18 Å². The Balaban J connectivity index is 1.55. The third kappa shape index (κ3) is 3.55. The van der Waals surface area contributed by atoms with Gasteiger partial charge in [0.05, 0.1) is 16.8 Å². The lowest BCUT2D eigenvalue weighted by Crippen LogP contribution is -2.16. The van der Waals surface area contributed by atoms with Gasteiger partial charge in [-0.25, -0.2) is 13.5 Å². The predicted molar refractivity (Wildman–Crippen MR) is 132 cm³/mol. The first kappa shape index (κ1) is 21.4. The average Bonchev–Trinajstić information content (AvgIpc) is 3.51. The highest BCUT2D eigenvalue weighted by Crippen LogP contribution is 2.35. The molecule has 0 radical (unpaired) electrons. The van der Waals surface area contributed by atoms with E-state index in [0.717, 1.165) is 15.9 Å². The standard InChI is InChI=1S/C26H16BrF2N5O/c27-19-10-11-21(29)25-23(19)24-18(26(35)34(31-24)22-5-2-1-4-20(22)28)15-32(25)14-16-6-8-17(9-7-16)33-13-3-12-30-33/h1-13,15H,14H2. The lowest BCUT2D eigenvalue weighted by atomic mass is 10.1. The highest BCUT2D eigenvalue weighted by Gasteiger charge is 2.25. The van der Waals surface area contributed by atoms with Crippen LogP contribution in [-0.4, -0.2) is 24.1 Å². The minimum Gasteiger partial charge on any atom is -0.340 e. The van der Waals surface area contributed by atoms with Crippen molar-refractivity contribution in [1.82, 2.24) is 24.1 Å². The van der Waals surface area contributed by atoms with Crippen molar-refractivity contribution < 1.29 is 8.78 Å². The Morgan fingerprint density at radius 3 is 2.46 bits per heavy atom. The molecule has 0 saturated heterocycles. The summed E-state index contributed by atoms with van der Waals surface area (Å²) in [6, 6.07) is 18.4. The van der Waals surface area contributed by atoms with Gasteiger partial charge >= 0.3 is 0 Å². The maximum Gasteiger partial charge on any atom is 0.282 e. The number of nitrogens with zero attached hydrogens (tertiary/aromatic N) is 5. The summed E-state index contributed by atoms with van der Waals surface area (Å²) < 4.78 is 34.7. The molecule has 0 amide bonds. The Morgan fingerprint density at radius 2 is 1.71 bits per heavy atom. The molecule has 0 aliphatic carbocycles. The van der Waals surface area contributed by atoms with E-state index < -0.39 is 17.2 Å². The van der Waals surface area contributed by atoms with Gasteiger partial charge in [-0.1, -0.05) is 40.2 Å². The van der Waals surface area contributed by atoms with Gasteiger partial charge in [0, 0.05) is 35.0 Å². The molecular weight excluding hydrogens is 516 g/mol. The van der Waals surface area contributed by atoms with E-state index >= 15 is 4.39 Å². The molecule has 172 valence electrons. The third-order valence-corrected chi connectivity index (χ3v) is 6.56. The largest absolute Gasteiger partial charge is 0.340 e. The first-order chi connectivity index (χ1) is 17.0. The second-order valence-electron chi connectivity index (χ2n) is 8.06. The van der Waals surface area contributed by atoms with Crippen molar-refractivity contribution >= 4 is 26.8 Å². The van der Waals surface area contributed by atoms with E-state index in [0.29, 0.717) is 27.6 Å². The Labute approximate surface area is 206 Å². The van der Waals surface area contributed by atoms with Crippen LogP contribution in [0.3, 0.4) is 0 Å². The monoisotopic (exact) mass is 531 g/mol. The molecule has 0 fully saturated rings. The van der Waals surface area contributed by atoms with Gasteiger partial charge in [-0.05, 0) is 48.0 Å². The third-order valence-electron chi connectivity index (χ3n) is 5.90. The summed E-state index contributed by atoms with van der Waals surface area (Å²) in [5.74, 6) is -1.02. The number of aromatic nitrogens is 5. The molecule has 0 unspecified atom stereocenters. The molecule has 1 aromatic heterocycles. The van der Waals surface area contributed by atoms with Crippen LogP contribution in [-0.2, 0) is 6.54 Å². The lowest BCUT2D eigenvalue weighted by molar-refractivity contribution is 0.609. The zero-order chi connectivity index (χ0) is 24.1. The van der Waals surface area contributed by atoms with E-state index in [1.54, 1.807) is 39.8 Å². The van der Waals surface area contributed by atoms with Crippen molar-refractivity contribution in [3.63, 3.8) is 0 Å². The van der Waals surface area contributed by atoms with Crippen LogP contribution in [0, 0.1) is 11.6 Å². The quantitative estimate of drug-likeness (QED) is 0.299. The normalized spacial score (nSPS) is 11.5. The van der Waals surface area contributed by atoms with Crippen LogP contribution in [0.1, 0.15) is 5.56 Å². The number of hydrogen-bond donors (Lipinski definition) is 0. The number of rotatable bonds is 4. The van der Waals surface area contributed by atoms with Crippen LogP contribution >= 0.6 is 15.9 Å². The van der Waals surface area contributed by atoms with E-state index in [2.05, 4.69) is 26.1 Å². The summed E-state index contributed by atoms with van der Waals surface area (Å²) in [5.41, 5.74) is 2.21. The van der Waals surface area contributed by atoms with Gasteiger partial charge in [-0.15, -0.1) is 0 Å². The summed E-state index contributed by atoms with van der Waals surface area (Å²) in [6.07, 6.45) is 5.14. The topological polar surface area (TPSA) is 57.6 Å². The number of para-hydroxylation sites is 1. The van der Waals surface area contributed by atoms with Gasteiger partial charge in [-0.3, -0.25) is 4.79 Å². The van der Waals surface area contributed by atoms with Crippen LogP contribution in [0.2, 0.25) is 0 Å². The molecule has 0 bridgehead atoms. The average molecular weight is 532 g/mol. The summed E-state index contributed by atoms with van der Waals surface area (Å²) in [6.45, 7) is 0.309. The minimum absolute atomic E-state index is 0.0372. The van der Waals surface area contributed by atoms with Crippen molar-refractivity contribution in [1.29, 1.82) is 0 Å². The van der Waals surface area contributed by atoms with Crippen LogP contribution in [0.5, 0.6) is 0 Å². The summed E-state index contributed by atoms with van der Waals surface area (Å²) in [4.78, 5) is 13.3. The van der Waals surface area contributed by atoms with E-state index in [1.165, 1.54) is 18.2 Å². The Hall–Kier alpha value is -4.11. The van der Waals surface area contributed by atoms with Gasteiger partial charge in [0.25, 0.3) is 5.56 Å². The lowest BCUT2D eigenvalue weighted by Gasteiger charge is -2.16. The first-order valence-electron chi connectivity index (χ1n) is 10.7. The molecule has 0 N–H and O–H groups in total. The van der Waals surface area contributed by atoms with Crippen LogP contribution in [0.15, 0.2) is 94.6 Å². The maximum absolute atomic E-state index is 15.2. The molecule has 4 aromatic rings. The molecule has 6 nitrogen and oxygen atoms in total. The molecule has 3 heterocycles. The Morgan fingerprint density at radius 1 is 0.914 bits per heavy atom. The summed E-state index contributed by atoms with van der Waals surface area (Å²) in [7, 11) is 0. The zero-order valence-corrected chi connectivity index (χ0v) is 19.7. The van der Waals surface area contributed by atoms with E-state index in [1.807, 2.05) is 36.5 Å². The number of halogens is 3. The molecule has 35 heavy (non-hydrogen) atoms.